The van der Waals surface area contributed by atoms with E-state index in [-0.39, 0.29) is 0 Å². The van der Waals surface area contributed by atoms with Gasteiger partial charge in [0.2, 0.25) is 0 Å². The molecule has 0 aliphatic heterocycles. The van der Waals surface area contributed by atoms with E-state index in [1.807, 2.05) is 11.3 Å². The molecule has 2 rings (SSSR count). The zero-order valence-electron chi connectivity index (χ0n) is 9.66. The van der Waals surface area contributed by atoms with Crippen molar-refractivity contribution in [1.82, 2.24) is 4.90 Å². The number of nitrogens with zero attached hydrogens (tertiary/aromatic N) is 1. The molecular weight excluding hydrogens is 284 g/mol. The lowest BCUT2D eigenvalue weighted by Crippen LogP contribution is -2.35. The Labute approximate surface area is 110 Å². The van der Waals surface area contributed by atoms with E-state index < -0.39 is 0 Å². The topological polar surface area (TPSA) is 29.3 Å². The maximum Gasteiger partial charge on any atom is 0.0702 e. The highest BCUT2D eigenvalue weighted by molar-refractivity contribution is 9.11. The van der Waals surface area contributed by atoms with Crippen LogP contribution in [0.3, 0.4) is 0 Å². The highest BCUT2D eigenvalue weighted by atomic mass is 79.9. The second kappa shape index (κ2) is 5.63. The number of rotatable bonds is 6. The molecule has 0 aromatic carbocycles. The summed E-state index contributed by atoms with van der Waals surface area (Å²) in [6, 6.07) is 5.54. The third kappa shape index (κ3) is 2.86. The molecule has 4 heteroatoms. The molecule has 1 atom stereocenters. The molecule has 1 aromatic rings. The zero-order valence-corrected chi connectivity index (χ0v) is 12.1. The van der Waals surface area contributed by atoms with Crippen LogP contribution in [-0.4, -0.2) is 24.0 Å². The van der Waals surface area contributed by atoms with Gasteiger partial charge in [-0.05, 0) is 53.9 Å². The van der Waals surface area contributed by atoms with Crippen molar-refractivity contribution in [2.24, 2.45) is 5.73 Å². The maximum atomic E-state index is 5.96. The molecule has 90 valence electrons. The van der Waals surface area contributed by atoms with Crippen LogP contribution in [0, 0.1) is 0 Å². The summed E-state index contributed by atoms with van der Waals surface area (Å²) in [4.78, 5) is 3.99. The predicted molar refractivity (Wildman–Crippen MR) is 73.8 cm³/mol. The Balaban J connectivity index is 2.12. The van der Waals surface area contributed by atoms with Crippen molar-refractivity contribution in [2.45, 2.75) is 38.3 Å². The Hall–Kier alpha value is 0.1000. The van der Waals surface area contributed by atoms with E-state index in [0.717, 1.165) is 12.6 Å². The Morgan fingerprint density at radius 2 is 2.31 bits per heavy atom. The summed E-state index contributed by atoms with van der Waals surface area (Å²) in [6.45, 7) is 4.14. The summed E-state index contributed by atoms with van der Waals surface area (Å²) in [5, 5.41) is 0. The van der Waals surface area contributed by atoms with Crippen molar-refractivity contribution < 1.29 is 0 Å². The van der Waals surface area contributed by atoms with E-state index in [0.29, 0.717) is 6.04 Å². The number of thiophene rings is 1. The number of hydrogen-bond donors (Lipinski definition) is 1. The second-order valence-electron chi connectivity index (χ2n) is 4.36. The lowest BCUT2D eigenvalue weighted by atomic mass is 10.2. The standard InChI is InChI=1S/C12H19BrN2S/c1-2-7-15(9-3-4-9)10(8-14)11-5-6-12(13)16-11/h5-6,9-10H,2-4,7-8,14H2,1H3. The molecule has 1 saturated carbocycles. The third-order valence-corrected chi connectivity index (χ3v) is 4.77. The molecule has 0 radical (unpaired) electrons. The fraction of sp³-hybridized carbons (Fsp3) is 0.667. The molecule has 1 aliphatic carbocycles. The smallest absolute Gasteiger partial charge is 0.0702 e. The summed E-state index contributed by atoms with van der Waals surface area (Å²) < 4.78 is 1.20. The van der Waals surface area contributed by atoms with Crippen LogP contribution in [0.1, 0.15) is 37.1 Å². The van der Waals surface area contributed by atoms with E-state index in [1.54, 1.807) is 0 Å². The second-order valence-corrected chi connectivity index (χ2v) is 6.86. The first-order valence-corrected chi connectivity index (χ1v) is 7.58. The molecule has 1 heterocycles. The van der Waals surface area contributed by atoms with Gasteiger partial charge in [-0.3, -0.25) is 4.90 Å². The molecule has 2 nitrogen and oxygen atoms in total. The summed E-state index contributed by atoms with van der Waals surface area (Å²) in [7, 11) is 0. The van der Waals surface area contributed by atoms with Crippen LogP contribution in [-0.2, 0) is 0 Å². The minimum absolute atomic E-state index is 0.420. The maximum absolute atomic E-state index is 5.96. The highest BCUT2D eigenvalue weighted by Crippen LogP contribution is 2.37. The summed E-state index contributed by atoms with van der Waals surface area (Å²) in [6.07, 6.45) is 3.91. The summed E-state index contributed by atoms with van der Waals surface area (Å²) in [5.74, 6) is 0. The largest absolute Gasteiger partial charge is 0.329 e. The summed E-state index contributed by atoms with van der Waals surface area (Å²) >= 11 is 5.34. The van der Waals surface area contributed by atoms with Gasteiger partial charge in [-0.15, -0.1) is 11.3 Å². The van der Waals surface area contributed by atoms with Crippen LogP contribution in [0.2, 0.25) is 0 Å². The molecule has 16 heavy (non-hydrogen) atoms. The predicted octanol–water partition coefficient (Wildman–Crippen LogP) is 3.38. The van der Waals surface area contributed by atoms with Gasteiger partial charge in [-0.2, -0.15) is 0 Å². The van der Waals surface area contributed by atoms with Gasteiger partial charge < -0.3 is 5.73 Å². The first kappa shape index (κ1) is 12.6. The van der Waals surface area contributed by atoms with Crippen molar-refractivity contribution in [1.29, 1.82) is 0 Å². The van der Waals surface area contributed by atoms with Crippen LogP contribution < -0.4 is 5.73 Å². The normalized spacial score (nSPS) is 18.0. The molecule has 0 amide bonds. The lowest BCUT2D eigenvalue weighted by Gasteiger charge is -2.30. The van der Waals surface area contributed by atoms with Gasteiger partial charge in [-0.1, -0.05) is 6.92 Å². The number of halogens is 1. The van der Waals surface area contributed by atoms with Gasteiger partial charge in [-0.25, -0.2) is 0 Å². The van der Waals surface area contributed by atoms with E-state index in [9.17, 15) is 0 Å². The van der Waals surface area contributed by atoms with E-state index in [1.165, 1.54) is 34.5 Å². The highest BCUT2D eigenvalue weighted by Gasteiger charge is 2.33. The van der Waals surface area contributed by atoms with Crippen LogP contribution in [0.25, 0.3) is 0 Å². The van der Waals surface area contributed by atoms with E-state index in [2.05, 4.69) is 39.9 Å². The Bertz CT molecular complexity index is 336. The van der Waals surface area contributed by atoms with E-state index >= 15 is 0 Å². The van der Waals surface area contributed by atoms with Gasteiger partial charge in [0.25, 0.3) is 0 Å². The lowest BCUT2D eigenvalue weighted by molar-refractivity contribution is 0.194. The van der Waals surface area contributed by atoms with Gasteiger partial charge in [0.1, 0.15) is 0 Å². The first-order valence-electron chi connectivity index (χ1n) is 5.97. The molecule has 0 bridgehead atoms. The minimum atomic E-state index is 0.420. The van der Waals surface area contributed by atoms with Crippen molar-refractivity contribution in [3.63, 3.8) is 0 Å². The first-order chi connectivity index (χ1) is 7.76. The monoisotopic (exact) mass is 302 g/mol. The SMILES string of the molecule is CCCN(C1CC1)C(CN)c1ccc(Br)s1. The number of nitrogens with two attached hydrogens (primary N) is 1. The Kier molecular flexibility index (Phi) is 4.41. The molecule has 1 fully saturated rings. The molecule has 1 aliphatic rings. The number of hydrogen-bond acceptors (Lipinski definition) is 3. The third-order valence-electron chi connectivity index (χ3n) is 3.04. The van der Waals surface area contributed by atoms with Crippen LogP contribution in [0.5, 0.6) is 0 Å². The molecule has 1 aromatic heterocycles. The Morgan fingerprint density at radius 3 is 2.75 bits per heavy atom. The fourth-order valence-corrected chi connectivity index (χ4v) is 3.74. The molecule has 2 N–H and O–H groups in total. The van der Waals surface area contributed by atoms with Crippen molar-refractivity contribution >= 4 is 27.3 Å². The fourth-order valence-electron chi connectivity index (χ4n) is 2.18. The van der Waals surface area contributed by atoms with Crippen molar-refractivity contribution in [3.05, 3.63) is 20.8 Å². The van der Waals surface area contributed by atoms with Crippen molar-refractivity contribution in [3.8, 4) is 0 Å². The molecule has 0 spiro atoms. The molecular formula is C12H19BrN2S. The quantitative estimate of drug-likeness (QED) is 0.873. The van der Waals surface area contributed by atoms with Gasteiger partial charge in [0.15, 0.2) is 0 Å². The van der Waals surface area contributed by atoms with Crippen LogP contribution in [0.4, 0.5) is 0 Å². The van der Waals surface area contributed by atoms with Gasteiger partial charge in [0.05, 0.1) is 9.83 Å². The van der Waals surface area contributed by atoms with Gasteiger partial charge >= 0.3 is 0 Å². The van der Waals surface area contributed by atoms with Crippen LogP contribution in [0.15, 0.2) is 15.9 Å². The molecule has 1 unspecified atom stereocenters. The summed E-state index contributed by atoms with van der Waals surface area (Å²) in [5.41, 5.74) is 5.96. The van der Waals surface area contributed by atoms with E-state index in [4.69, 9.17) is 5.73 Å². The zero-order chi connectivity index (χ0) is 11.5. The van der Waals surface area contributed by atoms with Crippen molar-refractivity contribution in [2.75, 3.05) is 13.1 Å². The van der Waals surface area contributed by atoms with Crippen LogP contribution >= 0.6 is 27.3 Å². The van der Waals surface area contributed by atoms with Gasteiger partial charge in [0, 0.05) is 17.5 Å². The average molecular weight is 303 g/mol. The Morgan fingerprint density at radius 1 is 1.56 bits per heavy atom. The molecule has 0 saturated heterocycles. The minimum Gasteiger partial charge on any atom is -0.329 e. The average Bonchev–Trinajstić information content (AvgIpc) is 3.02.